The Morgan fingerprint density at radius 2 is 1.81 bits per heavy atom. The van der Waals surface area contributed by atoms with Crippen LogP contribution >= 0.6 is 0 Å². The van der Waals surface area contributed by atoms with Crippen LogP contribution in [-0.4, -0.2) is 17.8 Å². The van der Waals surface area contributed by atoms with Crippen LogP contribution in [-0.2, 0) is 15.8 Å². The fraction of sp³-hybridized carbons (Fsp3) is 0.0952. The van der Waals surface area contributed by atoms with Crippen LogP contribution in [0.15, 0.2) is 79.1 Å². The summed E-state index contributed by atoms with van der Waals surface area (Å²) >= 11 is 0. The van der Waals surface area contributed by atoms with Gasteiger partial charge >= 0.3 is 0 Å². The predicted octanol–water partition coefficient (Wildman–Crippen LogP) is 4.25. The Morgan fingerprint density at radius 1 is 1.00 bits per heavy atom. The third kappa shape index (κ3) is 3.85. The number of fused-ring (bicyclic) bond motifs is 1. The van der Waals surface area contributed by atoms with Crippen molar-refractivity contribution in [1.82, 2.24) is 9.38 Å². The highest BCUT2D eigenvalue weighted by Crippen LogP contribution is 2.28. The Hall–Kier alpha value is -3.12. The number of anilines is 1. The third-order valence-corrected chi connectivity index (χ3v) is 5.52. The van der Waals surface area contributed by atoms with Gasteiger partial charge in [-0.1, -0.05) is 54.1 Å². The van der Waals surface area contributed by atoms with Crippen molar-refractivity contribution in [2.24, 2.45) is 0 Å². The molecule has 27 heavy (non-hydrogen) atoms. The van der Waals surface area contributed by atoms with E-state index in [2.05, 4.69) is 9.71 Å². The molecule has 1 N–H and O–H groups in total. The molecule has 2 aromatic carbocycles. The monoisotopic (exact) mass is 377 g/mol. The molecular weight excluding hydrogens is 358 g/mol. The molecule has 5 nitrogen and oxygen atoms in total. The van der Waals surface area contributed by atoms with Crippen molar-refractivity contribution in [3.63, 3.8) is 0 Å². The van der Waals surface area contributed by atoms with E-state index < -0.39 is 10.0 Å². The molecule has 4 aromatic rings. The van der Waals surface area contributed by atoms with E-state index in [0.717, 1.165) is 28.0 Å². The van der Waals surface area contributed by atoms with Gasteiger partial charge in [-0.2, -0.15) is 0 Å². The molecule has 0 spiro atoms. The minimum Gasteiger partial charge on any atom is -0.306 e. The molecule has 136 valence electrons. The average Bonchev–Trinajstić information content (AvgIpc) is 3.05. The minimum atomic E-state index is -3.55. The number of aryl methyl sites for hydroxylation is 1. The number of hydrogen-bond acceptors (Lipinski definition) is 3. The molecule has 0 atom stereocenters. The largest absolute Gasteiger partial charge is 0.306 e. The number of pyridine rings is 1. The highest BCUT2D eigenvalue weighted by molar-refractivity contribution is 7.91. The number of rotatable bonds is 5. The maximum absolute atomic E-state index is 12.7. The molecule has 6 heteroatoms. The number of sulfonamides is 1. The maximum atomic E-state index is 12.7. The van der Waals surface area contributed by atoms with Gasteiger partial charge in [0.2, 0.25) is 10.0 Å². The first-order valence-corrected chi connectivity index (χ1v) is 10.2. The van der Waals surface area contributed by atoms with E-state index in [1.54, 1.807) is 6.07 Å². The number of nitrogens with one attached hydrogen (secondary N) is 1. The molecule has 0 bridgehead atoms. The van der Waals surface area contributed by atoms with Gasteiger partial charge < -0.3 is 4.40 Å². The van der Waals surface area contributed by atoms with E-state index in [1.165, 1.54) is 0 Å². The molecule has 0 saturated heterocycles. The topological polar surface area (TPSA) is 63.5 Å². The van der Waals surface area contributed by atoms with Gasteiger partial charge in [0.05, 0.1) is 17.1 Å². The Bertz CT molecular complexity index is 1180. The van der Waals surface area contributed by atoms with Crippen molar-refractivity contribution in [2.45, 2.75) is 12.7 Å². The summed E-state index contributed by atoms with van der Waals surface area (Å²) in [5, 5.41) is 0. The summed E-state index contributed by atoms with van der Waals surface area (Å²) in [6.45, 7) is 1.95. The number of para-hydroxylation sites is 1. The smallest absolute Gasteiger partial charge is 0.236 e. The van der Waals surface area contributed by atoms with Crippen LogP contribution in [0.4, 0.5) is 5.69 Å². The van der Waals surface area contributed by atoms with Crippen molar-refractivity contribution < 1.29 is 8.42 Å². The molecule has 0 unspecified atom stereocenters. The molecule has 2 aromatic heterocycles. The predicted molar refractivity (Wildman–Crippen MR) is 108 cm³/mol. The lowest BCUT2D eigenvalue weighted by Crippen LogP contribution is -2.15. The van der Waals surface area contributed by atoms with Gasteiger partial charge in [0, 0.05) is 18.0 Å². The molecule has 0 aliphatic heterocycles. The van der Waals surface area contributed by atoms with Crippen molar-refractivity contribution in [2.75, 3.05) is 4.72 Å². The van der Waals surface area contributed by atoms with E-state index in [0.29, 0.717) is 5.69 Å². The Labute approximate surface area is 158 Å². The van der Waals surface area contributed by atoms with Crippen molar-refractivity contribution in [1.29, 1.82) is 0 Å². The maximum Gasteiger partial charge on any atom is 0.236 e. The quantitative estimate of drug-likeness (QED) is 0.565. The fourth-order valence-electron chi connectivity index (χ4n) is 3.08. The van der Waals surface area contributed by atoms with E-state index in [4.69, 9.17) is 0 Å². The molecule has 4 rings (SSSR count). The van der Waals surface area contributed by atoms with Crippen molar-refractivity contribution >= 4 is 21.4 Å². The molecule has 0 aliphatic rings. The van der Waals surface area contributed by atoms with Crippen LogP contribution in [0.1, 0.15) is 11.1 Å². The van der Waals surface area contributed by atoms with E-state index in [9.17, 15) is 8.42 Å². The summed E-state index contributed by atoms with van der Waals surface area (Å²) in [5.41, 5.74) is 4.59. The SMILES string of the molecule is Cc1cccc(CS(=O)(=O)Nc2ccccc2-c2cn3ccccc3n2)c1. The first-order chi connectivity index (χ1) is 13.0. The van der Waals surface area contributed by atoms with Gasteiger partial charge in [0.25, 0.3) is 0 Å². The highest BCUT2D eigenvalue weighted by atomic mass is 32.2. The van der Waals surface area contributed by atoms with Crippen LogP contribution < -0.4 is 4.72 Å². The normalized spacial score (nSPS) is 11.6. The van der Waals surface area contributed by atoms with Crippen LogP contribution in [0.2, 0.25) is 0 Å². The van der Waals surface area contributed by atoms with Crippen LogP contribution in [0, 0.1) is 6.92 Å². The molecular formula is C21H19N3O2S. The number of nitrogens with zero attached hydrogens (tertiary/aromatic N) is 2. The summed E-state index contributed by atoms with van der Waals surface area (Å²) < 4.78 is 30.0. The van der Waals surface area contributed by atoms with E-state index >= 15 is 0 Å². The minimum absolute atomic E-state index is 0.0752. The van der Waals surface area contributed by atoms with Crippen LogP contribution in [0.5, 0.6) is 0 Å². The zero-order valence-electron chi connectivity index (χ0n) is 14.8. The van der Waals surface area contributed by atoms with Gasteiger partial charge in [-0.3, -0.25) is 4.72 Å². The number of hydrogen-bond donors (Lipinski definition) is 1. The lowest BCUT2D eigenvalue weighted by Gasteiger charge is -2.11. The molecule has 0 aliphatic carbocycles. The lowest BCUT2D eigenvalue weighted by atomic mass is 10.1. The van der Waals surface area contributed by atoms with Gasteiger partial charge in [-0.05, 0) is 30.7 Å². The van der Waals surface area contributed by atoms with Crippen LogP contribution in [0.25, 0.3) is 16.9 Å². The van der Waals surface area contributed by atoms with E-state index in [1.807, 2.05) is 84.4 Å². The van der Waals surface area contributed by atoms with Crippen molar-refractivity contribution in [3.05, 3.63) is 90.3 Å². The molecule has 2 heterocycles. The Balaban J connectivity index is 1.66. The molecule has 0 amide bonds. The first-order valence-electron chi connectivity index (χ1n) is 8.59. The number of aromatic nitrogens is 2. The van der Waals surface area contributed by atoms with E-state index in [-0.39, 0.29) is 5.75 Å². The summed E-state index contributed by atoms with van der Waals surface area (Å²) in [4.78, 5) is 4.60. The summed E-state index contributed by atoms with van der Waals surface area (Å²) in [6.07, 6.45) is 3.80. The molecule has 0 fully saturated rings. The fourth-order valence-corrected chi connectivity index (χ4v) is 4.29. The van der Waals surface area contributed by atoms with Gasteiger partial charge in [-0.25, -0.2) is 13.4 Å². The highest BCUT2D eigenvalue weighted by Gasteiger charge is 2.16. The third-order valence-electron chi connectivity index (χ3n) is 4.27. The zero-order valence-corrected chi connectivity index (χ0v) is 15.6. The standard InChI is InChI=1S/C21H19N3O2S/c1-16-7-6-8-17(13-16)15-27(25,26)23-19-10-3-2-9-18(19)20-14-24-12-5-4-11-21(24)22-20/h2-14,23H,15H2,1H3. The zero-order chi connectivity index (χ0) is 18.9. The Morgan fingerprint density at radius 3 is 2.63 bits per heavy atom. The second-order valence-electron chi connectivity index (χ2n) is 6.49. The van der Waals surface area contributed by atoms with Gasteiger partial charge in [0.15, 0.2) is 0 Å². The van der Waals surface area contributed by atoms with Gasteiger partial charge in [0.1, 0.15) is 5.65 Å². The van der Waals surface area contributed by atoms with Crippen LogP contribution in [0.3, 0.4) is 0 Å². The van der Waals surface area contributed by atoms with Crippen molar-refractivity contribution in [3.8, 4) is 11.3 Å². The second kappa shape index (κ2) is 6.89. The summed E-state index contributed by atoms with van der Waals surface area (Å²) in [6, 6.07) is 20.6. The number of imidazole rings is 1. The lowest BCUT2D eigenvalue weighted by molar-refractivity contribution is 0.600. The average molecular weight is 377 g/mol. The molecule has 0 radical (unpaired) electrons. The number of benzene rings is 2. The summed E-state index contributed by atoms with van der Waals surface area (Å²) in [5.74, 6) is -0.0752. The first kappa shape index (κ1) is 17.3. The van der Waals surface area contributed by atoms with Gasteiger partial charge in [-0.15, -0.1) is 0 Å². The second-order valence-corrected chi connectivity index (χ2v) is 8.21. The summed E-state index contributed by atoms with van der Waals surface area (Å²) in [7, 11) is -3.55. The molecule has 0 saturated carbocycles. The Kier molecular flexibility index (Phi) is 4.41.